The summed E-state index contributed by atoms with van der Waals surface area (Å²) in [5.41, 5.74) is 22.0. The second-order valence-corrected chi connectivity index (χ2v) is 5.75. The van der Waals surface area contributed by atoms with Gasteiger partial charge < -0.3 is 22.2 Å². The minimum atomic E-state index is -0.431. The van der Waals surface area contributed by atoms with E-state index in [1.165, 1.54) is 0 Å². The van der Waals surface area contributed by atoms with Crippen molar-refractivity contribution in [1.82, 2.24) is 19.9 Å². The van der Waals surface area contributed by atoms with E-state index in [1.54, 1.807) is 0 Å². The summed E-state index contributed by atoms with van der Waals surface area (Å²) in [6.07, 6.45) is 0. The largest absolute Gasteiger partial charge is 0.382 e. The molecule has 0 aliphatic rings. The minimum Gasteiger partial charge on any atom is -0.382 e. The summed E-state index contributed by atoms with van der Waals surface area (Å²) in [5, 5.41) is 0. The van der Waals surface area contributed by atoms with Crippen molar-refractivity contribution in [3.05, 3.63) is 66.0 Å². The molecule has 0 bridgehead atoms. The third-order valence-electron chi connectivity index (χ3n) is 4.08. The number of hydrogen-bond donors (Lipinski definition) is 4. The van der Waals surface area contributed by atoms with Crippen LogP contribution in [0.1, 0.15) is 17.4 Å². The highest BCUT2D eigenvalue weighted by Gasteiger charge is 2.16. The lowest BCUT2D eigenvalue weighted by molar-refractivity contribution is 0.805. The van der Waals surface area contributed by atoms with Crippen molar-refractivity contribution in [2.75, 3.05) is 11.5 Å². The van der Waals surface area contributed by atoms with Gasteiger partial charge in [-0.15, -0.1) is 0 Å². The number of rotatable bonds is 3. The topological polar surface area (TPSA) is 133 Å². The molecule has 2 aromatic heterocycles. The Kier molecular flexibility index (Phi) is 3.55. The number of aromatic nitrogens is 4. The van der Waals surface area contributed by atoms with Crippen molar-refractivity contribution in [3.8, 4) is 11.1 Å². The number of nitrogens with zero attached hydrogens (tertiary/aromatic N) is 3. The number of benzene rings is 2. The molecule has 7 nitrogen and oxygen atoms in total. The van der Waals surface area contributed by atoms with E-state index in [2.05, 4.69) is 32.1 Å². The van der Waals surface area contributed by atoms with Gasteiger partial charge in [0, 0.05) is 0 Å². The molecule has 25 heavy (non-hydrogen) atoms. The fourth-order valence-corrected chi connectivity index (χ4v) is 2.78. The zero-order valence-electron chi connectivity index (χ0n) is 13.3. The third kappa shape index (κ3) is 2.77. The maximum Gasteiger partial charge on any atom is 0.224 e. The van der Waals surface area contributed by atoms with Gasteiger partial charge in [0.25, 0.3) is 0 Å². The molecule has 7 heteroatoms. The Hall–Kier alpha value is -3.45. The van der Waals surface area contributed by atoms with E-state index >= 15 is 0 Å². The van der Waals surface area contributed by atoms with Crippen LogP contribution >= 0.6 is 0 Å². The molecule has 0 amide bonds. The SMILES string of the molecule is Nc1nc(N)c2nc(C(N)c3ccc(-c4ccccc4)cc3)[nH]c2n1. The number of aromatic amines is 1. The Morgan fingerprint density at radius 2 is 1.48 bits per heavy atom. The summed E-state index contributed by atoms with van der Waals surface area (Å²) in [5.74, 6) is 0.895. The predicted molar refractivity (Wildman–Crippen MR) is 98.4 cm³/mol. The average molecular weight is 331 g/mol. The van der Waals surface area contributed by atoms with Crippen LogP contribution in [0.5, 0.6) is 0 Å². The van der Waals surface area contributed by atoms with E-state index in [1.807, 2.05) is 42.5 Å². The molecule has 0 saturated carbocycles. The number of anilines is 2. The molecular weight excluding hydrogens is 314 g/mol. The number of nitrogens with two attached hydrogens (primary N) is 3. The molecule has 7 N–H and O–H groups in total. The standard InChI is InChI=1S/C18H17N7/c19-13(16-22-14-15(20)23-18(21)25-17(14)24-16)12-8-6-11(7-9-12)10-4-2-1-3-5-10/h1-9,13H,19H2,(H5,20,21,22,23,24,25). The van der Waals surface area contributed by atoms with Gasteiger partial charge in [0.1, 0.15) is 5.82 Å². The zero-order chi connectivity index (χ0) is 17.4. The molecule has 1 atom stereocenters. The number of nitrogen functional groups attached to an aromatic ring is 2. The molecule has 0 fully saturated rings. The average Bonchev–Trinajstić information content (AvgIpc) is 3.06. The fraction of sp³-hybridized carbons (Fsp3) is 0.0556. The van der Waals surface area contributed by atoms with Crippen molar-refractivity contribution >= 4 is 22.9 Å². The summed E-state index contributed by atoms with van der Waals surface area (Å²) in [6, 6.07) is 17.8. The molecule has 0 spiro atoms. The Bertz CT molecular complexity index is 1020. The maximum atomic E-state index is 6.34. The molecule has 2 aromatic carbocycles. The number of H-pyrrole nitrogens is 1. The first kappa shape index (κ1) is 15.1. The van der Waals surface area contributed by atoms with Gasteiger partial charge in [0.2, 0.25) is 5.95 Å². The maximum absolute atomic E-state index is 6.34. The summed E-state index contributed by atoms with van der Waals surface area (Å²) in [4.78, 5) is 15.5. The van der Waals surface area contributed by atoms with Crippen LogP contribution in [0.4, 0.5) is 11.8 Å². The van der Waals surface area contributed by atoms with Crippen LogP contribution in [0.15, 0.2) is 54.6 Å². The van der Waals surface area contributed by atoms with Crippen LogP contribution in [0.3, 0.4) is 0 Å². The quantitative estimate of drug-likeness (QED) is 0.455. The van der Waals surface area contributed by atoms with Crippen molar-refractivity contribution < 1.29 is 0 Å². The summed E-state index contributed by atoms with van der Waals surface area (Å²) >= 11 is 0. The van der Waals surface area contributed by atoms with Crippen molar-refractivity contribution in [2.24, 2.45) is 5.73 Å². The van der Waals surface area contributed by atoms with E-state index in [-0.39, 0.29) is 11.8 Å². The lowest BCUT2D eigenvalue weighted by Gasteiger charge is -2.10. The Labute approximate surface area is 143 Å². The van der Waals surface area contributed by atoms with E-state index in [0.29, 0.717) is 17.0 Å². The molecule has 0 aliphatic heterocycles. The van der Waals surface area contributed by atoms with E-state index < -0.39 is 6.04 Å². The van der Waals surface area contributed by atoms with Gasteiger partial charge in [-0.25, -0.2) is 4.98 Å². The number of nitrogens with one attached hydrogen (secondary N) is 1. The van der Waals surface area contributed by atoms with Crippen LogP contribution in [0, 0.1) is 0 Å². The summed E-state index contributed by atoms with van der Waals surface area (Å²) in [7, 11) is 0. The summed E-state index contributed by atoms with van der Waals surface area (Å²) < 4.78 is 0. The van der Waals surface area contributed by atoms with Gasteiger partial charge in [-0.3, -0.25) is 0 Å². The Balaban J connectivity index is 1.67. The minimum absolute atomic E-state index is 0.0981. The van der Waals surface area contributed by atoms with E-state index in [4.69, 9.17) is 17.2 Å². The zero-order valence-corrected chi connectivity index (χ0v) is 13.3. The molecule has 4 rings (SSSR count). The van der Waals surface area contributed by atoms with Crippen LogP contribution < -0.4 is 17.2 Å². The molecule has 1 unspecified atom stereocenters. The summed E-state index contributed by atoms with van der Waals surface area (Å²) in [6.45, 7) is 0. The first-order chi connectivity index (χ1) is 12.1. The van der Waals surface area contributed by atoms with Gasteiger partial charge in [-0.2, -0.15) is 9.97 Å². The Morgan fingerprint density at radius 1 is 0.800 bits per heavy atom. The highest BCUT2D eigenvalue weighted by Crippen LogP contribution is 2.25. The predicted octanol–water partition coefficient (Wildman–Crippen LogP) is 2.23. The lowest BCUT2D eigenvalue weighted by atomic mass is 10.0. The van der Waals surface area contributed by atoms with Gasteiger partial charge in [0.15, 0.2) is 17.0 Å². The highest BCUT2D eigenvalue weighted by molar-refractivity contribution is 5.82. The van der Waals surface area contributed by atoms with Gasteiger partial charge in [-0.05, 0) is 16.7 Å². The lowest BCUT2D eigenvalue weighted by Crippen LogP contribution is -2.13. The van der Waals surface area contributed by atoms with Crippen LogP contribution in [0.25, 0.3) is 22.3 Å². The molecule has 124 valence electrons. The second-order valence-electron chi connectivity index (χ2n) is 5.75. The highest BCUT2D eigenvalue weighted by atomic mass is 15.1. The first-order valence-corrected chi connectivity index (χ1v) is 7.81. The van der Waals surface area contributed by atoms with Crippen LogP contribution in [0.2, 0.25) is 0 Å². The van der Waals surface area contributed by atoms with Crippen molar-refractivity contribution in [2.45, 2.75) is 6.04 Å². The molecule has 2 heterocycles. The third-order valence-corrected chi connectivity index (χ3v) is 4.08. The molecule has 0 saturated heterocycles. The first-order valence-electron chi connectivity index (χ1n) is 7.81. The number of imidazole rings is 1. The molecule has 4 aromatic rings. The second kappa shape index (κ2) is 5.88. The monoisotopic (exact) mass is 331 g/mol. The van der Waals surface area contributed by atoms with Crippen molar-refractivity contribution in [1.29, 1.82) is 0 Å². The molecular formula is C18H17N7. The number of hydrogen-bond acceptors (Lipinski definition) is 6. The Morgan fingerprint density at radius 3 is 2.20 bits per heavy atom. The van der Waals surface area contributed by atoms with Gasteiger partial charge >= 0.3 is 0 Å². The molecule has 0 aliphatic carbocycles. The number of fused-ring (bicyclic) bond motifs is 1. The fourth-order valence-electron chi connectivity index (χ4n) is 2.78. The van der Waals surface area contributed by atoms with Gasteiger partial charge in [-0.1, -0.05) is 54.6 Å². The van der Waals surface area contributed by atoms with Crippen LogP contribution in [-0.2, 0) is 0 Å². The van der Waals surface area contributed by atoms with Crippen LogP contribution in [-0.4, -0.2) is 19.9 Å². The smallest absolute Gasteiger partial charge is 0.224 e. The van der Waals surface area contributed by atoms with Gasteiger partial charge in [0.05, 0.1) is 6.04 Å². The molecule has 0 radical (unpaired) electrons. The normalized spacial score (nSPS) is 12.4. The van der Waals surface area contributed by atoms with Crippen molar-refractivity contribution in [3.63, 3.8) is 0 Å². The van der Waals surface area contributed by atoms with E-state index in [0.717, 1.165) is 16.7 Å². The van der Waals surface area contributed by atoms with E-state index in [9.17, 15) is 0 Å².